The number of nitrogens with one attached hydrogen (secondary N) is 1. The first kappa shape index (κ1) is 23.8. The topological polar surface area (TPSA) is 67.6 Å². The molecule has 4 atom stereocenters. The Morgan fingerprint density at radius 1 is 1.03 bits per heavy atom. The third kappa shape index (κ3) is 4.27. The lowest BCUT2D eigenvalue weighted by atomic mass is 9.82. The predicted molar refractivity (Wildman–Crippen MR) is 123 cm³/mol. The van der Waals surface area contributed by atoms with E-state index in [2.05, 4.69) is 5.32 Å². The molecule has 8 heteroatoms. The predicted octanol–water partition coefficient (Wildman–Crippen LogP) is 3.79. The smallest absolute Gasteiger partial charge is 0.257 e. The molecule has 0 aliphatic carbocycles. The summed E-state index contributed by atoms with van der Waals surface area (Å²) in [6, 6.07) is 12.5. The van der Waals surface area contributed by atoms with Gasteiger partial charge >= 0.3 is 0 Å². The fourth-order valence-corrected chi connectivity index (χ4v) is 5.47. The van der Waals surface area contributed by atoms with Crippen molar-refractivity contribution in [3.05, 3.63) is 59.4 Å². The summed E-state index contributed by atoms with van der Waals surface area (Å²) in [5, 5.41) is 3.44. The number of amides is 1. The van der Waals surface area contributed by atoms with Crippen LogP contribution < -0.4 is 15.8 Å². The molecule has 2 aromatic carbocycles. The zero-order valence-corrected chi connectivity index (χ0v) is 18.8. The maximum absolute atomic E-state index is 14.6. The van der Waals surface area contributed by atoms with Crippen LogP contribution in [-0.2, 0) is 6.42 Å². The molecule has 5 nitrogen and oxygen atoms in total. The molecule has 1 amide bonds. The zero-order chi connectivity index (χ0) is 20.0. The van der Waals surface area contributed by atoms with Gasteiger partial charge in [0, 0.05) is 25.2 Å². The molecule has 2 aromatic rings. The normalized spacial score (nSPS) is 25.5. The average molecular weight is 468 g/mol. The number of carbonyl (C=O) groups excluding carboxylic acids is 1. The van der Waals surface area contributed by atoms with Crippen LogP contribution in [0.2, 0.25) is 0 Å². The van der Waals surface area contributed by atoms with E-state index < -0.39 is 5.82 Å². The number of benzene rings is 2. The number of ether oxygens (including phenoxy) is 1. The summed E-state index contributed by atoms with van der Waals surface area (Å²) < 4.78 is 20.5. The fraction of sp³-hybridized carbons (Fsp3) is 0.435. The summed E-state index contributed by atoms with van der Waals surface area (Å²) in [6.07, 6.45) is 2.85. The van der Waals surface area contributed by atoms with Crippen molar-refractivity contribution in [2.24, 2.45) is 17.6 Å². The molecule has 0 saturated carbocycles. The summed E-state index contributed by atoms with van der Waals surface area (Å²) in [7, 11) is 0. The largest absolute Gasteiger partial charge is 0.457 e. The average Bonchev–Trinajstić information content (AvgIpc) is 3.43. The van der Waals surface area contributed by atoms with E-state index >= 15 is 0 Å². The maximum Gasteiger partial charge on any atom is 0.257 e. The van der Waals surface area contributed by atoms with Gasteiger partial charge in [-0.1, -0.05) is 12.1 Å². The van der Waals surface area contributed by atoms with Crippen molar-refractivity contribution in [2.75, 3.05) is 19.6 Å². The number of rotatable bonds is 5. The fourth-order valence-electron chi connectivity index (χ4n) is 5.47. The third-order valence-corrected chi connectivity index (χ3v) is 6.77. The molecule has 0 spiro atoms. The lowest BCUT2D eigenvalue weighted by Crippen LogP contribution is -2.39. The van der Waals surface area contributed by atoms with Gasteiger partial charge in [0.2, 0.25) is 0 Å². The van der Waals surface area contributed by atoms with Crippen molar-refractivity contribution >= 4 is 30.7 Å². The van der Waals surface area contributed by atoms with Gasteiger partial charge in [0.05, 0.1) is 5.56 Å². The summed E-state index contributed by atoms with van der Waals surface area (Å²) in [5.74, 6) is 1.44. The third-order valence-electron chi connectivity index (χ3n) is 6.77. The van der Waals surface area contributed by atoms with Crippen LogP contribution in [0.15, 0.2) is 42.5 Å². The molecular formula is C23H28Cl2FN3O2. The van der Waals surface area contributed by atoms with Crippen LogP contribution in [0.5, 0.6) is 11.5 Å². The Labute approximate surface area is 194 Å². The lowest BCUT2D eigenvalue weighted by Gasteiger charge is -2.25. The van der Waals surface area contributed by atoms with E-state index in [0.717, 1.165) is 37.9 Å². The summed E-state index contributed by atoms with van der Waals surface area (Å²) in [5.41, 5.74) is 6.82. The van der Waals surface area contributed by atoms with Crippen molar-refractivity contribution in [2.45, 2.75) is 31.3 Å². The van der Waals surface area contributed by atoms with Gasteiger partial charge in [-0.3, -0.25) is 4.79 Å². The van der Waals surface area contributed by atoms with Crippen molar-refractivity contribution in [3.63, 3.8) is 0 Å². The minimum absolute atomic E-state index is 0. The number of hydrogen-bond acceptors (Lipinski definition) is 4. The second-order valence-electron chi connectivity index (χ2n) is 8.34. The van der Waals surface area contributed by atoms with Crippen LogP contribution >= 0.6 is 24.8 Å². The Balaban J connectivity index is 0.00000136. The SMILES string of the molecule is Cl.Cl.NCCc1ccc(Oc2ccc(F)c(C(=O)N3[C@@H]4CC[C@H]3[C@H]3CNC[C@H]34)c2)cc1. The molecule has 0 unspecified atom stereocenters. The van der Waals surface area contributed by atoms with E-state index in [1.54, 1.807) is 6.07 Å². The maximum atomic E-state index is 14.6. The molecule has 168 valence electrons. The standard InChI is InChI=1S/C23H26FN3O2.2ClH/c24-20-6-5-16(29-15-3-1-14(2-4-15)9-10-25)11-17(20)23(28)27-21-7-8-22(27)19-13-26-12-18(19)21;;/h1-6,11,18-19,21-22,26H,7-10,12-13,25H2;2*1H/t18-,19+,21-,22+;;. The highest BCUT2D eigenvalue weighted by Gasteiger charge is 2.56. The van der Waals surface area contributed by atoms with Crippen LogP contribution in [0, 0.1) is 17.7 Å². The molecule has 3 fully saturated rings. The molecule has 3 heterocycles. The van der Waals surface area contributed by atoms with E-state index in [-0.39, 0.29) is 48.4 Å². The van der Waals surface area contributed by atoms with Gasteiger partial charge in [0.1, 0.15) is 17.3 Å². The molecule has 2 bridgehead atoms. The van der Waals surface area contributed by atoms with Gasteiger partial charge in [0.15, 0.2) is 0 Å². The zero-order valence-electron chi connectivity index (χ0n) is 17.1. The number of nitrogens with two attached hydrogens (primary N) is 1. The first-order valence-corrected chi connectivity index (χ1v) is 10.5. The molecule has 3 aliphatic heterocycles. The molecule has 0 aromatic heterocycles. The minimum Gasteiger partial charge on any atom is -0.457 e. The van der Waals surface area contributed by atoms with Crippen LogP contribution in [0.1, 0.15) is 28.8 Å². The van der Waals surface area contributed by atoms with Crippen LogP contribution in [-0.4, -0.2) is 42.5 Å². The highest BCUT2D eigenvalue weighted by atomic mass is 35.5. The summed E-state index contributed by atoms with van der Waals surface area (Å²) in [4.78, 5) is 15.2. The number of nitrogens with zero attached hydrogens (tertiary/aromatic N) is 1. The minimum atomic E-state index is -0.491. The van der Waals surface area contributed by atoms with Gasteiger partial charge in [0.25, 0.3) is 5.91 Å². The number of hydrogen-bond donors (Lipinski definition) is 2. The van der Waals surface area contributed by atoms with Gasteiger partial charge < -0.3 is 20.7 Å². The second kappa shape index (κ2) is 9.74. The molecule has 3 N–H and O–H groups in total. The number of carbonyl (C=O) groups is 1. The highest BCUT2D eigenvalue weighted by molar-refractivity contribution is 5.96. The van der Waals surface area contributed by atoms with E-state index in [4.69, 9.17) is 10.5 Å². The highest BCUT2D eigenvalue weighted by Crippen LogP contribution is 2.48. The van der Waals surface area contributed by atoms with E-state index in [0.29, 0.717) is 29.9 Å². The van der Waals surface area contributed by atoms with Gasteiger partial charge in [-0.2, -0.15) is 0 Å². The Kier molecular flexibility index (Phi) is 7.47. The Morgan fingerprint density at radius 3 is 2.26 bits per heavy atom. The summed E-state index contributed by atoms with van der Waals surface area (Å²) in [6.45, 7) is 2.52. The molecular weight excluding hydrogens is 440 g/mol. The quantitative estimate of drug-likeness (QED) is 0.701. The van der Waals surface area contributed by atoms with E-state index in [1.807, 2.05) is 29.2 Å². The molecule has 3 aliphatic rings. The van der Waals surface area contributed by atoms with Crippen LogP contribution in [0.25, 0.3) is 0 Å². The van der Waals surface area contributed by atoms with Gasteiger partial charge in [-0.15, -0.1) is 24.8 Å². The molecule has 0 radical (unpaired) electrons. The van der Waals surface area contributed by atoms with Crippen molar-refractivity contribution in [1.29, 1.82) is 0 Å². The monoisotopic (exact) mass is 467 g/mol. The second-order valence-corrected chi connectivity index (χ2v) is 8.34. The van der Waals surface area contributed by atoms with Crippen LogP contribution in [0.4, 0.5) is 4.39 Å². The summed E-state index contributed by atoms with van der Waals surface area (Å²) >= 11 is 0. The van der Waals surface area contributed by atoms with Crippen LogP contribution in [0.3, 0.4) is 0 Å². The molecule has 31 heavy (non-hydrogen) atoms. The lowest BCUT2D eigenvalue weighted by molar-refractivity contribution is 0.0704. The molecule has 3 saturated heterocycles. The van der Waals surface area contributed by atoms with Gasteiger partial charge in [-0.25, -0.2) is 4.39 Å². The Hall–Kier alpha value is -1.86. The number of halogens is 3. The molecule has 5 rings (SSSR count). The van der Waals surface area contributed by atoms with E-state index in [1.165, 1.54) is 12.1 Å². The van der Waals surface area contributed by atoms with E-state index in [9.17, 15) is 9.18 Å². The Bertz CT molecular complexity index is 910. The number of fused-ring (bicyclic) bond motifs is 5. The first-order chi connectivity index (χ1) is 14.2. The first-order valence-electron chi connectivity index (χ1n) is 10.5. The van der Waals surface area contributed by atoms with Crippen molar-refractivity contribution < 1.29 is 13.9 Å². The van der Waals surface area contributed by atoms with Crippen molar-refractivity contribution in [3.8, 4) is 11.5 Å². The van der Waals surface area contributed by atoms with Gasteiger partial charge in [-0.05, 0) is 73.5 Å². The Morgan fingerprint density at radius 2 is 1.65 bits per heavy atom. The van der Waals surface area contributed by atoms with Crippen molar-refractivity contribution in [1.82, 2.24) is 10.2 Å².